The molecular weight excluding hydrogens is 280 g/mol. The lowest BCUT2D eigenvalue weighted by atomic mass is 9.92. The van der Waals surface area contributed by atoms with Crippen LogP contribution in [0.4, 0.5) is 5.69 Å². The van der Waals surface area contributed by atoms with Gasteiger partial charge in [-0.1, -0.05) is 28.8 Å². The first kappa shape index (κ1) is 12.4. The molecule has 0 spiro atoms. The minimum atomic E-state index is -0.307. The van der Waals surface area contributed by atoms with Crippen LogP contribution >= 0.6 is 15.9 Å². The lowest BCUT2D eigenvalue weighted by Gasteiger charge is -2.29. The van der Waals surface area contributed by atoms with E-state index in [0.29, 0.717) is 5.56 Å². The highest BCUT2D eigenvalue weighted by molar-refractivity contribution is 9.10. The van der Waals surface area contributed by atoms with E-state index in [1.165, 1.54) is 0 Å². The van der Waals surface area contributed by atoms with Crippen LogP contribution in [-0.4, -0.2) is 17.3 Å². The third-order valence-corrected chi connectivity index (χ3v) is 3.67. The van der Waals surface area contributed by atoms with Gasteiger partial charge in [0.1, 0.15) is 6.07 Å². The maximum Gasteiger partial charge on any atom is 0.101 e. The second kappa shape index (κ2) is 5.52. The summed E-state index contributed by atoms with van der Waals surface area (Å²) < 4.78 is 0.892. The first-order valence-electron chi connectivity index (χ1n) is 5.85. The minimum Gasteiger partial charge on any atom is -0.391 e. The van der Waals surface area contributed by atoms with E-state index in [0.717, 1.165) is 35.8 Å². The summed E-state index contributed by atoms with van der Waals surface area (Å²) in [6.45, 7) is 0. The SMILES string of the molecule is N#Cc1cc(Br)ccc1NC1CCCCC1O. The van der Waals surface area contributed by atoms with Crippen LogP contribution in [0.5, 0.6) is 0 Å². The lowest BCUT2D eigenvalue weighted by Crippen LogP contribution is -2.36. The van der Waals surface area contributed by atoms with Gasteiger partial charge in [-0.25, -0.2) is 0 Å². The van der Waals surface area contributed by atoms with Crippen LogP contribution in [0.25, 0.3) is 0 Å². The summed E-state index contributed by atoms with van der Waals surface area (Å²) in [5, 5.41) is 22.2. The molecule has 1 aromatic rings. The Hall–Kier alpha value is -1.05. The molecule has 17 heavy (non-hydrogen) atoms. The lowest BCUT2D eigenvalue weighted by molar-refractivity contribution is 0.116. The van der Waals surface area contributed by atoms with Crippen LogP contribution in [0.1, 0.15) is 31.2 Å². The molecule has 3 nitrogen and oxygen atoms in total. The van der Waals surface area contributed by atoms with Gasteiger partial charge >= 0.3 is 0 Å². The molecule has 0 aromatic heterocycles. The summed E-state index contributed by atoms with van der Waals surface area (Å²) in [4.78, 5) is 0. The van der Waals surface area contributed by atoms with Crippen LogP contribution in [0.3, 0.4) is 0 Å². The van der Waals surface area contributed by atoms with Crippen molar-refractivity contribution < 1.29 is 5.11 Å². The Balaban J connectivity index is 2.15. The third-order valence-electron chi connectivity index (χ3n) is 3.17. The summed E-state index contributed by atoms with van der Waals surface area (Å²) in [7, 11) is 0. The summed E-state index contributed by atoms with van der Waals surface area (Å²) in [5.41, 5.74) is 1.42. The number of nitrogens with one attached hydrogen (secondary N) is 1. The molecule has 2 atom stereocenters. The second-order valence-corrected chi connectivity index (χ2v) is 5.32. The van der Waals surface area contributed by atoms with Gasteiger partial charge in [0.05, 0.1) is 23.4 Å². The number of benzene rings is 1. The Bertz CT molecular complexity index is 442. The molecule has 2 rings (SSSR count). The van der Waals surface area contributed by atoms with Crippen molar-refractivity contribution in [1.82, 2.24) is 0 Å². The maximum absolute atomic E-state index is 9.89. The second-order valence-electron chi connectivity index (χ2n) is 4.40. The normalized spacial score (nSPS) is 24.1. The summed E-state index contributed by atoms with van der Waals surface area (Å²) in [6, 6.07) is 7.80. The van der Waals surface area contributed by atoms with E-state index in [4.69, 9.17) is 5.26 Å². The average Bonchev–Trinajstić information content (AvgIpc) is 2.34. The standard InChI is InChI=1S/C13H15BrN2O/c14-10-5-6-11(9(7-10)8-15)16-12-3-1-2-4-13(12)17/h5-7,12-13,16-17H,1-4H2. The largest absolute Gasteiger partial charge is 0.391 e. The van der Waals surface area contributed by atoms with Gasteiger partial charge in [0.25, 0.3) is 0 Å². The van der Waals surface area contributed by atoms with Crippen LogP contribution in [0.2, 0.25) is 0 Å². The molecule has 1 aromatic carbocycles. The van der Waals surface area contributed by atoms with Gasteiger partial charge in [-0.15, -0.1) is 0 Å². The highest BCUT2D eigenvalue weighted by Crippen LogP contribution is 2.25. The summed E-state index contributed by atoms with van der Waals surface area (Å²) >= 11 is 3.35. The van der Waals surface area contributed by atoms with E-state index in [-0.39, 0.29) is 12.1 Å². The number of anilines is 1. The Morgan fingerprint density at radius 1 is 1.35 bits per heavy atom. The van der Waals surface area contributed by atoms with Gasteiger partial charge in [-0.05, 0) is 31.0 Å². The van der Waals surface area contributed by atoms with Crippen LogP contribution in [-0.2, 0) is 0 Å². The first-order chi connectivity index (χ1) is 8.20. The Labute approximate surface area is 110 Å². The third kappa shape index (κ3) is 2.99. The summed E-state index contributed by atoms with van der Waals surface area (Å²) in [5.74, 6) is 0. The number of halogens is 1. The average molecular weight is 295 g/mol. The molecule has 90 valence electrons. The molecular formula is C13H15BrN2O. The first-order valence-corrected chi connectivity index (χ1v) is 6.64. The van der Waals surface area contributed by atoms with Crippen molar-refractivity contribution in [2.75, 3.05) is 5.32 Å². The van der Waals surface area contributed by atoms with Crippen LogP contribution in [0, 0.1) is 11.3 Å². The molecule has 0 bridgehead atoms. The number of nitriles is 1. The molecule has 1 fully saturated rings. The molecule has 0 aliphatic heterocycles. The molecule has 1 aliphatic carbocycles. The predicted molar refractivity (Wildman–Crippen MR) is 70.7 cm³/mol. The van der Waals surface area contributed by atoms with Crippen molar-refractivity contribution in [3.05, 3.63) is 28.2 Å². The van der Waals surface area contributed by atoms with E-state index in [1.807, 2.05) is 12.1 Å². The fraction of sp³-hybridized carbons (Fsp3) is 0.462. The number of nitrogens with zero attached hydrogens (tertiary/aromatic N) is 1. The summed E-state index contributed by atoms with van der Waals surface area (Å²) in [6.07, 6.45) is 3.72. The Morgan fingerprint density at radius 3 is 2.82 bits per heavy atom. The van der Waals surface area contributed by atoms with Gasteiger partial charge in [0.15, 0.2) is 0 Å². The zero-order valence-electron chi connectivity index (χ0n) is 9.49. The van der Waals surface area contributed by atoms with Gasteiger partial charge < -0.3 is 10.4 Å². The van der Waals surface area contributed by atoms with Gasteiger partial charge in [0, 0.05) is 4.47 Å². The highest BCUT2D eigenvalue weighted by atomic mass is 79.9. The molecule has 4 heteroatoms. The highest BCUT2D eigenvalue weighted by Gasteiger charge is 2.23. The molecule has 1 saturated carbocycles. The molecule has 0 saturated heterocycles. The van der Waals surface area contributed by atoms with Crippen molar-refractivity contribution in [3.63, 3.8) is 0 Å². The van der Waals surface area contributed by atoms with Crippen molar-refractivity contribution in [1.29, 1.82) is 5.26 Å². The Kier molecular flexibility index (Phi) is 4.03. The van der Waals surface area contributed by atoms with Gasteiger partial charge in [-0.3, -0.25) is 0 Å². The number of aliphatic hydroxyl groups is 1. The van der Waals surface area contributed by atoms with Crippen molar-refractivity contribution in [2.45, 2.75) is 37.8 Å². The smallest absolute Gasteiger partial charge is 0.101 e. The van der Waals surface area contributed by atoms with E-state index in [2.05, 4.69) is 27.3 Å². The molecule has 0 heterocycles. The monoisotopic (exact) mass is 294 g/mol. The van der Waals surface area contributed by atoms with Gasteiger partial charge in [-0.2, -0.15) is 5.26 Å². The van der Waals surface area contributed by atoms with Crippen molar-refractivity contribution >= 4 is 21.6 Å². The Morgan fingerprint density at radius 2 is 2.12 bits per heavy atom. The molecule has 1 aliphatic rings. The minimum absolute atomic E-state index is 0.0667. The number of hydrogen-bond acceptors (Lipinski definition) is 3. The van der Waals surface area contributed by atoms with E-state index < -0.39 is 0 Å². The molecule has 0 amide bonds. The molecule has 2 unspecified atom stereocenters. The number of aliphatic hydroxyl groups excluding tert-OH is 1. The topological polar surface area (TPSA) is 56.0 Å². The van der Waals surface area contributed by atoms with Crippen LogP contribution < -0.4 is 5.32 Å². The zero-order valence-corrected chi connectivity index (χ0v) is 11.1. The number of rotatable bonds is 2. The zero-order chi connectivity index (χ0) is 12.3. The predicted octanol–water partition coefficient (Wildman–Crippen LogP) is 3.04. The molecule has 2 N–H and O–H groups in total. The van der Waals surface area contributed by atoms with E-state index >= 15 is 0 Å². The quantitative estimate of drug-likeness (QED) is 0.881. The molecule has 0 radical (unpaired) electrons. The van der Waals surface area contributed by atoms with E-state index in [1.54, 1.807) is 6.07 Å². The van der Waals surface area contributed by atoms with Gasteiger partial charge in [0.2, 0.25) is 0 Å². The van der Waals surface area contributed by atoms with Crippen LogP contribution in [0.15, 0.2) is 22.7 Å². The maximum atomic E-state index is 9.89. The fourth-order valence-electron chi connectivity index (χ4n) is 2.21. The van der Waals surface area contributed by atoms with Crippen molar-refractivity contribution in [2.24, 2.45) is 0 Å². The fourth-order valence-corrected chi connectivity index (χ4v) is 2.58. The van der Waals surface area contributed by atoms with E-state index in [9.17, 15) is 5.11 Å². The van der Waals surface area contributed by atoms with Crippen molar-refractivity contribution in [3.8, 4) is 6.07 Å². The number of hydrogen-bond donors (Lipinski definition) is 2.